The van der Waals surface area contributed by atoms with Crippen molar-refractivity contribution >= 4 is 5.91 Å². The standard InChI is InChI=1S/C14H20N2O2/c1-10-7-11(14(15)18)4-5-12(10)8-16-6-2-3-13(16)9-17/h4-5,7,13,17H,2-3,6,8-9H2,1H3,(H2,15,18). The summed E-state index contributed by atoms with van der Waals surface area (Å²) in [6.45, 7) is 4.07. The lowest BCUT2D eigenvalue weighted by molar-refractivity contribution is 0.1000. The normalized spacial score (nSPS) is 20.2. The number of hydrogen-bond donors (Lipinski definition) is 2. The second-order valence-electron chi connectivity index (χ2n) is 4.95. The third kappa shape index (κ3) is 2.71. The molecule has 1 aromatic rings. The summed E-state index contributed by atoms with van der Waals surface area (Å²) in [5.74, 6) is -0.390. The van der Waals surface area contributed by atoms with Gasteiger partial charge in [-0.3, -0.25) is 9.69 Å². The average molecular weight is 248 g/mol. The van der Waals surface area contributed by atoms with Crippen molar-refractivity contribution in [2.75, 3.05) is 13.2 Å². The highest BCUT2D eigenvalue weighted by molar-refractivity contribution is 5.93. The summed E-state index contributed by atoms with van der Waals surface area (Å²) < 4.78 is 0. The number of amides is 1. The number of carbonyl (C=O) groups is 1. The van der Waals surface area contributed by atoms with Gasteiger partial charge in [0.05, 0.1) is 6.61 Å². The number of hydrogen-bond acceptors (Lipinski definition) is 3. The van der Waals surface area contributed by atoms with Crippen LogP contribution in [0.2, 0.25) is 0 Å². The van der Waals surface area contributed by atoms with Crippen molar-refractivity contribution in [2.45, 2.75) is 32.4 Å². The SMILES string of the molecule is Cc1cc(C(N)=O)ccc1CN1CCCC1CO. The van der Waals surface area contributed by atoms with Crippen LogP contribution in [0.5, 0.6) is 0 Å². The number of carbonyl (C=O) groups excluding carboxylic acids is 1. The van der Waals surface area contributed by atoms with Crippen molar-refractivity contribution < 1.29 is 9.90 Å². The molecule has 4 nitrogen and oxygen atoms in total. The van der Waals surface area contributed by atoms with Gasteiger partial charge < -0.3 is 10.8 Å². The van der Waals surface area contributed by atoms with E-state index >= 15 is 0 Å². The molecule has 1 fully saturated rings. The Balaban J connectivity index is 2.12. The summed E-state index contributed by atoms with van der Waals surface area (Å²) >= 11 is 0. The molecule has 0 aliphatic carbocycles. The first kappa shape index (κ1) is 13.1. The summed E-state index contributed by atoms with van der Waals surface area (Å²) in [5.41, 5.74) is 8.08. The first-order valence-electron chi connectivity index (χ1n) is 6.36. The van der Waals surface area contributed by atoms with E-state index in [4.69, 9.17) is 5.73 Å². The molecule has 3 N–H and O–H groups in total. The maximum absolute atomic E-state index is 11.1. The Morgan fingerprint density at radius 2 is 2.33 bits per heavy atom. The van der Waals surface area contributed by atoms with Crippen molar-refractivity contribution in [3.8, 4) is 0 Å². The predicted molar refractivity (Wildman–Crippen MR) is 70.2 cm³/mol. The monoisotopic (exact) mass is 248 g/mol. The maximum atomic E-state index is 11.1. The Morgan fingerprint density at radius 1 is 1.56 bits per heavy atom. The molecule has 1 amide bonds. The van der Waals surface area contributed by atoms with Gasteiger partial charge in [0.15, 0.2) is 0 Å². The molecule has 98 valence electrons. The lowest BCUT2D eigenvalue weighted by atomic mass is 10.0. The largest absolute Gasteiger partial charge is 0.395 e. The molecule has 0 spiro atoms. The van der Waals surface area contributed by atoms with Crippen LogP contribution in [0.1, 0.15) is 34.3 Å². The minimum absolute atomic E-state index is 0.221. The van der Waals surface area contributed by atoms with Gasteiger partial charge in [-0.25, -0.2) is 0 Å². The van der Waals surface area contributed by atoms with E-state index in [1.165, 1.54) is 5.56 Å². The van der Waals surface area contributed by atoms with E-state index in [-0.39, 0.29) is 18.6 Å². The number of rotatable bonds is 4. The molecule has 1 aromatic carbocycles. The fraction of sp³-hybridized carbons (Fsp3) is 0.500. The van der Waals surface area contributed by atoms with Gasteiger partial charge in [-0.1, -0.05) is 6.07 Å². The molecule has 1 unspecified atom stereocenters. The maximum Gasteiger partial charge on any atom is 0.248 e. The Labute approximate surface area is 107 Å². The second kappa shape index (κ2) is 5.50. The molecule has 1 saturated heterocycles. The molecule has 1 aliphatic heterocycles. The zero-order valence-electron chi connectivity index (χ0n) is 10.7. The van der Waals surface area contributed by atoms with Gasteiger partial charge in [0, 0.05) is 18.2 Å². The number of nitrogens with zero attached hydrogens (tertiary/aromatic N) is 1. The van der Waals surface area contributed by atoms with Gasteiger partial charge in [0.1, 0.15) is 0 Å². The van der Waals surface area contributed by atoms with Crippen LogP contribution in [0.3, 0.4) is 0 Å². The van der Waals surface area contributed by atoms with E-state index < -0.39 is 0 Å². The van der Waals surface area contributed by atoms with Gasteiger partial charge in [-0.2, -0.15) is 0 Å². The molecule has 0 radical (unpaired) electrons. The average Bonchev–Trinajstić information content (AvgIpc) is 2.78. The highest BCUT2D eigenvalue weighted by Gasteiger charge is 2.23. The lowest BCUT2D eigenvalue weighted by Gasteiger charge is -2.23. The zero-order valence-corrected chi connectivity index (χ0v) is 10.7. The van der Waals surface area contributed by atoms with Crippen LogP contribution in [0.25, 0.3) is 0 Å². The van der Waals surface area contributed by atoms with Gasteiger partial charge in [0.25, 0.3) is 0 Å². The minimum atomic E-state index is -0.390. The molecule has 1 heterocycles. The first-order valence-corrected chi connectivity index (χ1v) is 6.36. The van der Waals surface area contributed by atoms with E-state index in [0.29, 0.717) is 5.56 Å². The van der Waals surface area contributed by atoms with Crippen LogP contribution in [0, 0.1) is 6.92 Å². The molecule has 4 heteroatoms. The summed E-state index contributed by atoms with van der Waals surface area (Å²) in [6.07, 6.45) is 2.21. The first-order chi connectivity index (χ1) is 8.61. The number of benzene rings is 1. The van der Waals surface area contributed by atoms with Crippen molar-refractivity contribution in [1.82, 2.24) is 4.90 Å². The van der Waals surface area contributed by atoms with Crippen LogP contribution in [-0.4, -0.2) is 35.1 Å². The molecule has 2 rings (SSSR count). The van der Waals surface area contributed by atoms with Crippen LogP contribution in [0.4, 0.5) is 0 Å². The fourth-order valence-corrected chi connectivity index (χ4v) is 2.56. The van der Waals surface area contributed by atoms with Crippen LogP contribution >= 0.6 is 0 Å². The zero-order chi connectivity index (χ0) is 13.1. The Bertz CT molecular complexity index is 445. The number of aryl methyl sites for hydroxylation is 1. The van der Waals surface area contributed by atoms with Crippen molar-refractivity contribution in [3.05, 3.63) is 34.9 Å². The van der Waals surface area contributed by atoms with E-state index in [0.717, 1.165) is 31.5 Å². The van der Waals surface area contributed by atoms with Crippen LogP contribution in [-0.2, 0) is 6.54 Å². The summed E-state index contributed by atoms with van der Waals surface area (Å²) in [4.78, 5) is 13.4. The molecule has 1 atom stereocenters. The highest BCUT2D eigenvalue weighted by Crippen LogP contribution is 2.21. The minimum Gasteiger partial charge on any atom is -0.395 e. The fourth-order valence-electron chi connectivity index (χ4n) is 2.56. The highest BCUT2D eigenvalue weighted by atomic mass is 16.3. The molecular formula is C14H20N2O2. The van der Waals surface area contributed by atoms with Gasteiger partial charge in [-0.15, -0.1) is 0 Å². The van der Waals surface area contributed by atoms with E-state index in [1.807, 2.05) is 19.1 Å². The molecule has 0 aromatic heterocycles. The van der Waals surface area contributed by atoms with Crippen LogP contribution < -0.4 is 5.73 Å². The summed E-state index contributed by atoms with van der Waals surface area (Å²) in [5, 5.41) is 9.30. The van der Waals surface area contributed by atoms with Crippen molar-refractivity contribution in [1.29, 1.82) is 0 Å². The second-order valence-corrected chi connectivity index (χ2v) is 4.95. The summed E-state index contributed by atoms with van der Waals surface area (Å²) in [6, 6.07) is 5.85. The predicted octanol–water partition coefficient (Wildman–Crippen LogP) is 1.05. The van der Waals surface area contributed by atoms with E-state index in [9.17, 15) is 9.90 Å². The quantitative estimate of drug-likeness (QED) is 0.837. The van der Waals surface area contributed by atoms with Crippen LogP contribution in [0.15, 0.2) is 18.2 Å². The summed E-state index contributed by atoms with van der Waals surface area (Å²) in [7, 11) is 0. The van der Waals surface area contributed by atoms with E-state index in [2.05, 4.69) is 4.90 Å². The van der Waals surface area contributed by atoms with E-state index in [1.54, 1.807) is 6.07 Å². The van der Waals surface area contributed by atoms with Gasteiger partial charge >= 0.3 is 0 Å². The van der Waals surface area contributed by atoms with Gasteiger partial charge in [-0.05, 0) is 49.6 Å². The third-order valence-corrected chi connectivity index (χ3v) is 3.71. The number of aliphatic hydroxyl groups excluding tert-OH is 1. The smallest absolute Gasteiger partial charge is 0.248 e. The van der Waals surface area contributed by atoms with Crippen molar-refractivity contribution in [2.24, 2.45) is 5.73 Å². The lowest BCUT2D eigenvalue weighted by Crippen LogP contribution is -2.31. The number of primary amides is 1. The topological polar surface area (TPSA) is 66.6 Å². The third-order valence-electron chi connectivity index (χ3n) is 3.71. The Hall–Kier alpha value is -1.39. The number of aliphatic hydroxyl groups is 1. The molecular weight excluding hydrogens is 228 g/mol. The molecule has 0 bridgehead atoms. The molecule has 1 aliphatic rings. The Kier molecular flexibility index (Phi) is 3.99. The molecule has 18 heavy (non-hydrogen) atoms. The Morgan fingerprint density at radius 3 is 2.94 bits per heavy atom. The van der Waals surface area contributed by atoms with Gasteiger partial charge in [0.2, 0.25) is 5.91 Å². The number of nitrogens with two attached hydrogens (primary N) is 1. The number of likely N-dealkylation sites (tertiary alicyclic amines) is 1. The van der Waals surface area contributed by atoms with Crippen molar-refractivity contribution in [3.63, 3.8) is 0 Å². The molecule has 0 saturated carbocycles.